The van der Waals surface area contributed by atoms with Crippen molar-refractivity contribution in [3.05, 3.63) is 78.4 Å². The van der Waals surface area contributed by atoms with Gasteiger partial charge in [-0.05, 0) is 66.4 Å². The fraction of sp³-hybridized carbons (Fsp3) is 0.200. The highest BCUT2D eigenvalue weighted by Crippen LogP contribution is 2.28. The Labute approximate surface area is 175 Å². The molecule has 152 valence electrons. The van der Waals surface area contributed by atoms with Crippen molar-refractivity contribution in [1.82, 2.24) is 4.98 Å². The number of amides is 1. The minimum absolute atomic E-state index is 0.0462. The molecular weight excluding hydrogens is 376 g/mol. The Morgan fingerprint density at radius 3 is 2.57 bits per heavy atom. The molecule has 0 saturated heterocycles. The van der Waals surface area contributed by atoms with E-state index in [9.17, 15) is 4.79 Å². The van der Waals surface area contributed by atoms with Gasteiger partial charge in [0, 0.05) is 11.3 Å². The number of oxazole rings is 1. The van der Waals surface area contributed by atoms with Crippen molar-refractivity contribution in [1.29, 1.82) is 0 Å². The number of rotatable bonds is 7. The Bertz CT molecular complexity index is 1130. The maximum atomic E-state index is 12.1. The van der Waals surface area contributed by atoms with E-state index in [4.69, 9.17) is 9.15 Å². The van der Waals surface area contributed by atoms with Gasteiger partial charge in [-0.25, -0.2) is 4.98 Å². The van der Waals surface area contributed by atoms with Crippen molar-refractivity contribution in [2.24, 2.45) is 0 Å². The van der Waals surface area contributed by atoms with Crippen molar-refractivity contribution >= 4 is 22.7 Å². The topological polar surface area (TPSA) is 64.4 Å². The molecule has 4 rings (SSSR count). The van der Waals surface area contributed by atoms with Crippen molar-refractivity contribution < 1.29 is 13.9 Å². The van der Waals surface area contributed by atoms with Crippen LogP contribution in [0.3, 0.4) is 0 Å². The SMILES string of the molecule is CCC(C)c1ccc2oc(-c3ccc(NC(=O)COc4ccccc4)cc3)nc2c1. The maximum absolute atomic E-state index is 12.1. The second-order valence-electron chi connectivity index (χ2n) is 7.28. The summed E-state index contributed by atoms with van der Waals surface area (Å²) in [6, 6.07) is 22.9. The summed E-state index contributed by atoms with van der Waals surface area (Å²) < 4.78 is 11.4. The van der Waals surface area contributed by atoms with Gasteiger partial charge in [-0.15, -0.1) is 0 Å². The molecule has 0 spiro atoms. The molecule has 0 bridgehead atoms. The van der Waals surface area contributed by atoms with Gasteiger partial charge in [-0.2, -0.15) is 0 Å². The Balaban J connectivity index is 1.42. The van der Waals surface area contributed by atoms with E-state index in [0.29, 0.717) is 23.2 Å². The molecule has 5 nitrogen and oxygen atoms in total. The average molecular weight is 400 g/mol. The van der Waals surface area contributed by atoms with Gasteiger partial charge < -0.3 is 14.5 Å². The summed E-state index contributed by atoms with van der Waals surface area (Å²) in [5, 5.41) is 2.83. The summed E-state index contributed by atoms with van der Waals surface area (Å²) in [5.41, 5.74) is 4.44. The lowest BCUT2D eigenvalue weighted by Crippen LogP contribution is -2.20. The van der Waals surface area contributed by atoms with Crippen molar-refractivity contribution in [2.45, 2.75) is 26.2 Å². The first-order valence-electron chi connectivity index (χ1n) is 10.1. The fourth-order valence-electron chi connectivity index (χ4n) is 3.17. The minimum atomic E-state index is -0.217. The first kappa shape index (κ1) is 19.7. The van der Waals surface area contributed by atoms with Crippen LogP contribution >= 0.6 is 0 Å². The lowest BCUT2D eigenvalue weighted by Gasteiger charge is -2.07. The summed E-state index contributed by atoms with van der Waals surface area (Å²) in [4.78, 5) is 16.7. The molecule has 0 aliphatic heterocycles. The Morgan fingerprint density at radius 2 is 1.83 bits per heavy atom. The number of hydrogen-bond donors (Lipinski definition) is 1. The van der Waals surface area contributed by atoms with Gasteiger partial charge >= 0.3 is 0 Å². The van der Waals surface area contributed by atoms with E-state index >= 15 is 0 Å². The third kappa shape index (κ3) is 4.51. The van der Waals surface area contributed by atoms with Crippen LogP contribution in [0.4, 0.5) is 5.69 Å². The van der Waals surface area contributed by atoms with Gasteiger partial charge in [0.25, 0.3) is 5.91 Å². The number of hydrogen-bond acceptors (Lipinski definition) is 4. The second kappa shape index (κ2) is 8.82. The summed E-state index contributed by atoms with van der Waals surface area (Å²) in [6.07, 6.45) is 1.08. The summed E-state index contributed by atoms with van der Waals surface area (Å²) >= 11 is 0. The van der Waals surface area contributed by atoms with Gasteiger partial charge in [0.1, 0.15) is 11.3 Å². The molecule has 1 atom stereocenters. The molecule has 1 aromatic heterocycles. The largest absolute Gasteiger partial charge is 0.484 e. The monoisotopic (exact) mass is 400 g/mol. The maximum Gasteiger partial charge on any atom is 0.262 e. The molecule has 1 N–H and O–H groups in total. The Morgan fingerprint density at radius 1 is 1.07 bits per heavy atom. The van der Waals surface area contributed by atoms with Crippen LogP contribution in [0.2, 0.25) is 0 Å². The zero-order valence-electron chi connectivity index (χ0n) is 17.1. The van der Waals surface area contributed by atoms with Crippen LogP contribution in [0.15, 0.2) is 77.2 Å². The molecule has 0 radical (unpaired) electrons. The van der Waals surface area contributed by atoms with Gasteiger partial charge in [-0.1, -0.05) is 38.1 Å². The average Bonchev–Trinajstić information content (AvgIpc) is 3.22. The predicted octanol–water partition coefficient (Wildman–Crippen LogP) is 6.03. The number of anilines is 1. The van der Waals surface area contributed by atoms with E-state index in [1.807, 2.05) is 60.7 Å². The number of fused-ring (bicyclic) bond motifs is 1. The van der Waals surface area contributed by atoms with Gasteiger partial charge in [0.15, 0.2) is 12.2 Å². The van der Waals surface area contributed by atoms with Gasteiger partial charge in [-0.3, -0.25) is 4.79 Å². The fourth-order valence-corrected chi connectivity index (χ4v) is 3.17. The van der Waals surface area contributed by atoms with E-state index in [0.717, 1.165) is 23.1 Å². The van der Waals surface area contributed by atoms with E-state index < -0.39 is 0 Å². The Kier molecular flexibility index (Phi) is 5.80. The number of ether oxygens (including phenoxy) is 1. The minimum Gasteiger partial charge on any atom is -0.484 e. The molecule has 1 unspecified atom stereocenters. The smallest absolute Gasteiger partial charge is 0.262 e. The van der Waals surface area contributed by atoms with Gasteiger partial charge in [0.05, 0.1) is 0 Å². The van der Waals surface area contributed by atoms with Crippen LogP contribution < -0.4 is 10.1 Å². The third-order valence-electron chi connectivity index (χ3n) is 5.12. The zero-order valence-corrected chi connectivity index (χ0v) is 17.1. The number of para-hydroxylation sites is 1. The number of aromatic nitrogens is 1. The third-order valence-corrected chi connectivity index (χ3v) is 5.12. The van der Waals surface area contributed by atoms with E-state index in [-0.39, 0.29) is 12.5 Å². The Hall–Kier alpha value is -3.60. The van der Waals surface area contributed by atoms with Crippen LogP contribution in [-0.2, 0) is 4.79 Å². The molecule has 1 amide bonds. The number of nitrogens with zero attached hydrogens (tertiary/aromatic N) is 1. The molecule has 0 fully saturated rings. The van der Waals surface area contributed by atoms with Gasteiger partial charge in [0.2, 0.25) is 5.89 Å². The van der Waals surface area contributed by atoms with Crippen LogP contribution in [-0.4, -0.2) is 17.5 Å². The molecular formula is C25H24N2O3. The number of benzene rings is 3. The molecule has 0 aliphatic carbocycles. The highest BCUT2D eigenvalue weighted by Gasteiger charge is 2.11. The number of carbonyl (C=O) groups is 1. The van der Waals surface area contributed by atoms with E-state index in [1.54, 1.807) is 0 Å². The molecule has 4 aromatic rings. The van der Waals surface area contributed by atoms with Crippen LogP contribution in [0.25, 0.3) is 22.6 Å². The lowest BCUT2D eigenvalue weighted by molar-refractivity contribution is -0.118. The second-order valence-corrected chi connectivity index (χ2v) is 7.28. The molecule has 30 heavy (non-hydrogen) atoms. The van der Waals surface area contributed by atoms with E-state index in [1.165, 1.54) is 5.56 Å². The van der Waals surface area contributed by atoms with Crippen molar-refractivity contribution in [2.75, 3.05) is 11.9 Å². The molecule has 0 saturated carbocycles. The molecule has 0 aliphatic rings. The quantitative estimate of drug-likeness (QED) is 0.412. The van der Waals surface area contributed by atoms with E-state index in [2.05, 4.69) is 36.3 Å². The van der Waals surface area contributed by atoms with Crippen LogP contribution in [0, 0.1) is 0 Å². The van der Waals surface area contributed by atoms with Crippen LogP contribution in [0.1, 0.15) is 31.7 Å². The molecule has 5 heteroatoms. The molecule has 3 aromatic carbocycles. The van der Waals surface area contributed by atoms with Crippen molar-refractivity contribution in [3.63, 3.8) is 0 Å². The zero-order chi connectivity index (χ0) is 20.9. The normalized spacial score (nSPS) is 11.9. The summed E-state index contributed by atoms with van der Waals surface area (Å²) in [7, 11) is 0. The van der Waals surface area contributed by atoms with Crippen molar-refractivity contribution in [3.8, 4) is 17.2 Å². The highest BCUT2D eigenvalue weighted by atomic mass is 16.5. The standard InChI is InChI=1S/C25H24N2O3/c1-3-17(2)19-11-14-23-22(15-19)27-25(30-23)18-9-12-20(13-10-18)26-24(28)16-29-21-7-5-4-6-8-21/h4-15,17H,3,16H2,1-2H3,(H,26,28). The first-order valence-corrected chi connectivity index (χ1v) is 10.1. The first-order chi connectivity index (χ1) is 14.6. The predicted molar refractivity (Wildman–Crippen MR) is 119 cm³/mol. The summed E-state index contributed by atoms with van der Waals surface area (Å²) in [6.45, 7) is 4.34. The highest BCUT2D eigenvalue weighted by molar-refractivity contribution is 5.92. The lowest BCUT2D eigenvalue weighted by atomic mass is 9.98. The number of nitrogens with one attached hydrogen (secondary N) is 1. The molecule has 1 heterocycles. The summed E-state index contributed by atoms with van der Waals surface area (Å²) in [5.74, 6) is 1.50. The number of carbonyl (C=O) groups excluding carboxylic acids is 1. The van der Waals surface area contributed by atoms with Crippen LogP contribution in [0.5, 0.6) is 5.75 Å².